The minimum absolute atomic E-state index is 0.0317. The number of aromatic nitrogens is 2. The monoisotopic (exact) mass is 240 g/mol. The molecule has 0 aromatic carbocycles. The number of likely N-dealkylation sites (tertiary alicyclic amines) is 1. The van der Waals surface area contributed by atoms with Crippen LogP contribution in [0, 0.1) is 5.92 Å². The number of nitrogens with zero attached hydrogens (tertiary/aromatic N) is 3. The van der Waals surface area contributed by atoms with Gasteiger partial charge in [-0.05, 0) is 30.3 Å². The van der Waals surface area contributed by atoms with Crippen LogP contribution in [-0.2, 0) is 0 Å². The van der Waals surface area contributed by atoms with E-state index in [9.17, 15) is 4.79 Å². The summed E-state index contributed by atoms with van der Waals surface area (Å²) in [6.45, 7) is 3.45. The molecule has 2 atom stereocenters. The Hall–Kier alpha value is -1.01. The number of piperidine rings is 1. The molecule has 2 N–H and O–H groups in total. The van der Waals surface area contributed by atoms with E-state index in [1.807, 2.05) is 4.90 Å². The fraction of sp³-hybridized carbons (Fsp3) is 0.700. The fourth-order valence-electron chi connectivity index (χ4n) is 2.27. The summed E-state index contributed by atoms with van der Waals surface area (Å²) in [5.74, 6) is 0.435. The van der Waals surface area contributed by atoms with Gasteiger partial charge in [0.1, 0.15) is 0 Å². The van der Waals surface area contributed by atoms with E-state index in [2.05, 4.69) is 16.5 Å². The van der Waals surface area contributed by atoms with Gasteiger partial charge in [0, 0.05) is 24.5 Å². The van der Waals surface area contributed by atoms with Crippen LogP contribution in [0.5, 0.6) is 0 Å². The summed E-state index contributed by atoms with van der Waals surface area (Å²) in [5, 5.41) is 5.51. The molecular formula is C10H16N4OS. The first kappa shape index (κ1) is 11.5. The van der Waals surface area contributed by atoms with E-state index in [1.165, 1.54) is 11.5 Å². The predicted molar refractivity (Wildman–Crippen MR) is 62.2 cm³/mol. The molecule has 0 bridgehead atoms. The number of carbonyl (C=O) groups excluding carboxylic acids is 1. The number of hydrogen-bond acceptors (Lipinski definition) is 5. The number of amides is 1. The highest BCUT2D eigenvalue weighted by molar-refractivity contribution is 7.03. The maximum Gasteiger partial charge on any atom is 0.275 e. The van der Waals surface area contributed by atoms with Gasteiger partial charge < -0.3 is 10.6 Å². The molecule has 0 radical (unpaired) electrons. The zero-order valence-electron chi connectivity index (χ0n) is 9.30. The molecule has 2 heterocycles. The Morgan fingerprint density at radius 1 is 1.75 bits per heavy atom. The zero-order chi connectivity index (χ0) is 11.5. The second-order valence-corrected chi connectivity index (χ2v) is 4.82. The molecule has 1 aromatic rings. The average Bonchev–Trinajstić information content (AvgIpc) is 2.81. The molecule has 1 saturated heterocycles. The second-order valence-electron chi connectivity index (χ2n) is 4.21. The second kappa shape index (κ2) is 4.88. The molecule has 2 unspecified atom stereocenters. The Balaban J connectivity index is 2.15. The maximum atomic E-state index is 12.2. The summed E-state index contributed by atoms with van der Waals surface area (Å²) in [4.78, 5) is 14.0. The fourth-order valence-corrected chi connectivity index (χ4v) is 2.70. The van der Waals surface area contributed by atoms with E-state index in [0.29, 0.717) is 18.2 Å². The van der Waals surface area contributed by atoms with Crippen LogP contribution in [0.25, 0.3) is 0 Å². The predicted octanol–water partition coefficient (Wildman–Crippen LogP) is 0.738. The lowest BCUT2D eigenvalue weighted by Crippen LogP contribution is -2.51. The largest absolute Gasteiger partial charge is 0.333 e. The summed E-state index contributed by atoms with van der Waals surface area (Å²) in [6.07, 6.45) is 2.18. The SMILES string of the molecule is CC1CCCN(C(=O)c2csnn2)C1CN. The lowest BCUT2D eigenvalue weighted by atomic mass is 9.90. The van der Waals surface area contributed by atoms with Crippen LogP contribution in [0.4, 0.5) is 0 Å². The Kier molecular flexibility index (Phi) is 3.50. The summed E-state index contributed by atoms with van der Waals surface area (Å²) >= 11 is 1.20. The number of nitrogens with two attached hydrogens (primary N) is 1. The Morgan fingerprint density at radius 2 is 2.56 bits per heavy atom. The molecule has 1 fully saturated rings. The van der Waals surface area contributed by atoms with Gasteiger partial charge in [-0.3, -0.25) is 4.79 Å². The van der Waals surface area contributed by atoms with Crippen LogP contribution < -0.4 is 5.73 Å². The van der Waals surface area contributed by atoms with Crippen LogP contribution in [0.1, 0.15) is 30.3 Å². The van der Waals surface area contributed by atoms with Crippen LogP contribution in [-0.4, -0.2) is 39.5 Å². The lowest BCUT2D eigenvalue weighted by Gasteiger charge is -2.39. The quantitative estimate of drug-likeness (QED) is 0.827. The van der Waals surface area contributed by atoms with Gasteiger partial charge in [0.05, 0.1) is 0 Å². The molecule has 5 nitrogen and oxygen atoms in total. The van der Waals surface area contributed by atoms with Gasteiger partial charge in [0.25, 0.3) is 5.91 Å². The first-order valence-electron chi connectivity index (χ1n) is 5.52. The minimum Gasteiger partial charge on any atom is -0.333 e. The first-order valence-corrected chi connectivity index (χ1v) is 6.35. The molecule has 0 spiro atoms. The minimum atomic E-state index is -0.0317. The molecule has 6 heteroatoms. The van der Waals surface area contributed by atoms with Gasteiger partial charge in [-0.2, -0.15) is 0 Å². The lowest BCUT2D eigenvalue weighted by molar-refractivity contribution is 0.0526. The number of hydrogen-bond donors (Lipinski definition) is 1. The third-order valence-corrected chi connectivity index (χ3v) is 3.70. The van der Waals surface area contributed by atoms with Crippen molar-refractivity contribution in [2.45, 2.75) is 25.8 Å². The van der Waals surface area contributed by atoms with Crippen molar-refractivity contribution in [1.29, 1.82) is 0 Å². The van der Waals surface area contributed by atoms with E-state index in [-0.39, 0.29) is 11.9 Å². The van der Waals surface area contributed by atoms with Crippen LogP contribution >= 0.6 is 11.5 Å². The maximum absolute atomic E-state index is 12.2. The summed E-state index contributed by atoms with van der Waals surface area (Å²) in [6, 6.07) is 0.142. The van der Waals surface area contributed by atoms with E-state index in [0.717, 1.165) is 19.4 Å². The molecule has 88 valence electrons. The summed E-state index contributed by atoms with van der Waals surface area (Å²) in [7, 11) is 0. The van der Waals surface area contributed by atoms with E-state index in [4.69, 9.17) is 5.73 Å². The molecule has 1 aromatic heterocycles. The molecule has 2 rings (SSSR count). The van der Waals surface area contributed by atoms with Gasteiger partial charge in [0.15, 0.2) is 5.69 Å². The normalized spacial score (nSPS) is 25.8. The molecular weight excluding hydrogens is 224 g/mol. The smallest absolute Gasteiger partial charge is 0.275 e. The van der Waals surface area contributed by atoms with Crippen LogP contribution in [0.3, 0.4) is 0 Å². The molecule has 1 aliphatic heterocycles. The Labute approximate surface area is 98.8 Å². The van der Waals surface area contributed by atoms with Crippen molar-refractivity contribution >= 4 is 17.4 Å². The molecule has 0 aliphatic carbocycles. The highest BCUT2D eigenvalue weighted by atomic mass is 32.1. The van der Waals surface area contributed by atoms with E-state index in [1.54, 1.807) is 5.38 Å². The topological polar surface area (TPSA) is 72.1 Å². The van der Waals surface area contributed by atoms with Gasteiger partial charge in [0.2, 0.25) is 0 Å². The van der Waals surface area contributed by atoms with Gasteiger partial charge in [-0.1, -0.05) is 11.4 Å². The Bertz CT molecular complexity index is 354. The number of carbonyl (C=O) groups is 1. The highest BCUT2D eigenvalue weighted by Crippen LogP contribution is 2.23. The van der Waals surface area contributed by atoms with Crippen LogP contribution in [0.2, 0.25) is 0 Å². The van der Waals surface area contributed by atoms with Crippen molar-refractivity contribution in [3.63, 3.8) is 0 Å². The zero-order valence-corrected chi connectivity index (χ0v) is 10.1. The van der Waals surface area contributed by atoms with Crippen molar-refractivity contribution < 1.29 is 4.79 Å². The van der Waals surface area contributed by atoms with Gasteiger partial charge in [-0.25, -0.2) is 0 Å². The van der Waals surface area contributed by atoms with Crippen molar-refractivity contribution in [3.05, 3.63) is 11.1 Å². The Morgan fingerprint density at radius 3 is 3.19 bits per heavy atom. The van der Waals surface area contributed by atoms with Crippen LogP contribution in [0.15, 0.2) is 5.38 Å². The van der Waals surface area contributed by atoms with Crippen molar-refractivity contribution in [3.8, 4) is 0 Å². The third-order valence-electron chi connectivity index (χ3n) is 3.20. The van der Waals surface area contributed by atoms with Gasteiger partial charge >= 0.3 is 0 Å². The molecule has 16 heavy (non-hydrogen) atoms. The standard InChI is InChI=1S/C10H16N4OS/c1-7-3-2-4-14(9(7)5-11)10(15)8-6-16-13-12-8/h6-7,9H,2-5,11H2,1H3. The molecule has 1 amide bonds. The molecule has 1 aliphatic rings. The van der Waals surface area contributed by atoms with E-state index < -0.39 is 0 Å². The van der Waals surface area contributed by atoms with Gasteiger partial charge in [-0.15, -0.1) is 5.10 Å². The van der Waals surface area contributed by atoms with Crippen molar-refractivity contribution in [2.24, 2.45) is 11.7 Å². The first-order chi connectivity index (χ1) is 7.74. The third kappa shape index (κ3) is 2.08. The molecule has 0 saturated carbocycles. The summed E-state index contributed by atoms with van der Waals surface area (Å²) in [5.41, 5.74) is 6.19. The summed E-state index contributed by atoms with van der Waals surface area (Å²) < 4.78 is 3.72. The number of rotatable bonds is 2. The van der Waals surface area contributed by atoms with Crippen molar-refractivity contribution in [1.82, 2.24) is 14.5 Å². The van der Waals surface area contributed by atoms with Crippen molar-refractivity contribution in [2.75, 3.05) is 13.1 Å². The highest BCUT2D eigenvalue weighted by Gasteiger charge is 2.32. The van der Waals surface area contributed by atoms with E-state index >= 15 is 0 Å². The average molecular weight is 240 g/mol.